The third-order valence-electron chi connectivity index (χ3n) is 2.69. The average Bonchev–Trinajstić information content (AvgIpc) is 2.41. The van der Waals surface area contributed by atoms with Gasteiger partial charge in [-0.05, 0) is 24.1 Å². The second kappa shape index (κ2) is 5.19. The lowest BCUT2D eigenvalue weighted by Crippen LogP contribution is -2.25. The van der Waals surface area contributed by atoms with Crippen molar-refractivity contribution in [3.05, 3.63) is 39.4 Å². The van der Waals surface area contributed by atoms with Crippen LogP contribution in [0.15, 0.2) is 28.4 Å². The number of fused-ring (bicyclic) bond motifs is 1. The molecule has 1 aromatic heterocycles. The highest BCUT2D eigenvalue weighted by Gasteiger charge is 2.14. The van der Waals surface area contributed by atoms with Crippen LogP contribution in [0.25, 0.3) is 10.1 Å². The van der Waals surface area contributed by atoms with Crippen LogP contribution in [0.2, 0.25) is 0 Å². The first-order chi connectivity index (χ1) is 9.02. The second-order valence-electron chi connectivity index (χ2n) is 3.92. The van der Waals surface area contributed by atoms with E-state index < -0.39 is 11.9 Å². The summed E-state index contributed by atoms with van der Waals surface area (Å²) >= 11 is 1.28. The van der Waals surface area contributed by atoms with Crippen molar-refractivity contribution >= 4 is 39.0 Å². The SMILES string of the molecule is CCc1ccc2scc(NC(=O)C(=O)O)c(=O)c2c1. The quantitative estimate of drug-likeness (QED) is 0.820. The molecule has 0 unspecified atom stereocenters. The molecule has 2 N–H and O–H groups in total. The molecule has 0 spiro atoms. The lowest BCUT2D eigenvalue weighted by molar-refractivity contribution is -0.147. The Bertz CT molecular complexity index is 720. The molecule has 0 saturated carbocycles. The standard InChI is InChI=1S/C13H11NO4S/c1-2-7-3-4-10-8(5-7)11(15)9(6-19-10)14-12(16)13(17)18/h3-6H,2H2,1H3,(H,14,16)(H,17,18). The highest BCUT2D eigenvalue weighted by atomic mass is 32.1. The molecule has 1 heterocycles. The van der Waals surface area contributed by atoms with Gasteiger partial charge in [-0.3, -0.25) is 9.59 Å². The summed E-state index contributed by atoms with van der Waals surface area (Å²) in [5.74, 6) is -2.83. The van der Waals surface area contributed by atoms with Gasteiger partial charge in [0, 0.05) is 15.5 Å². The van der Waals surface area contributed by atoms with E-state index in [0.717, 1.165) is 16.7 Å². The predicted molar refractivity (Wildman–Crippen MR) is 73.7 cm³/mol. The Labute approximate surface area is 112 Å². The number of hydrogen-bond acceptors (Lipinski definition) is 4. The molecule has 0 fully saturated rings. The van der Waals surface area contributed by atoms with Crippen LogP contribution in [-0.2, 0) is 16.0 Å². The maximum Gasteiger partial charge on any atom is 0.394 e. The number of amides is 1. The van der Waals surface area contributed by atoms with Gasteiger partial charge in [0.2, 0.25) is 5.43 Å². The Morgan fingerprint density at radius 1 is 1.37 bits per heavy atom. The van der Waals surface area contributed by atoms with Crippen molar-refractivity contribution in [2.24, 2.45) is 0 Å². The molecule has 0 saturated heterocycles. The van der Waals surface area contributed by atoms with Crippen molar-refractivity contribution in [3.63, 3.8) is 0 Å². The summed E-state index contributed by atoms with van der Waals surface area (Å²) in [7, 11) is 0. The molecule has 0 aliphatic heterocycles. The number of nitrogens with one attached hydrogen (secondary N) is 1. The van der Waals surface area contributed by atoms with Crippen molar-refractivity contribution in [1.82, 2.24) is 0 Å². The fourth-order valence-electron chi connectivity index (χ4n) is 1.66. The van der Waals surface area contributed by atoms with Gasteiger partial charge in [-0.1, -0.05) is 13.0 Å². The van der Waals surface area contributed by atoms with E-state index in [1.54, 1.807) is 6.07 Å². The molecule has 19 heavy (non-hydrogen) atoms. The van der Waals surface area contributed by atoms with E-state index in [4.69, 9.17) is 5.11 Å². The van der Waals surface area contributed by atoms with Crippen molar-refractivity contribution < 1.29 is 14.7 Å². The fourth-order valence-corrected chi connectivity index (χ4v) is 2.50. The largest absolute Gasteiger partial charge is 0.474 e. The first-order valence-corrected chi connectivity index (χ1v) is 6.49. The number of rotatable bonds is 2. The van der Waals surface area contributed by atoms with Crippen LogP contribution in [0.1, 0.15) is 12.5 Å². The molecule has 1 aromatic carbocycles. The molecule has 98 valence electrons. The topological polar surface area (TPSA) is 83.5 Å². The van der Waals surface area contributed by atoms with Crippen LogP contribution in [0, 0.1) is 0 Å². The number of aryl methyl sites for hydroxylation is 1. The van der Waals surface area contributed by atoms with Crippen LogP contribution >= 0.6 is 11.3 Å². The zero-order chi connectivity index (χ0) is 14.0. The molecule has 2 rings (SSSR count). The van der Waals surface area contributed by atoms with Crippen molar-refractivity contribution in [1.29, 1.82) is 0 Å². The number of hydrogen-bond donors (Lipinski definition) is 2. The molecule has 0 atom stereocenters. The zero-order valence-electron chi connectivity index (χ0n) is 10.1. The summed E-state index contributed by atoms with van der Waals surface area (Å²) in [4.78, 5) is 33.7. The van der Waals surface area contributed by atoms with Gasteiger partial charge in [-0.15, -0.1) is 11.3 Å². The lowest BCUT2D eigenvalue weighted by atomic mass is 10.1. The molecule has 5 nitrogen and oxygen atoms in total. The number of anilines is 1. The number of carboxylic acids is 1. The van der Waals surface area contributed by atoms with Gasteiger partial charge in [0.05, 0.1) is 5.69 Å². The van der Waals surface area contributed by atoms with E-state index in [-0.39, 0.29) is 11.1 Å². The minimum absolute atomic E-state index is 0.00171. The fraction of sp³-hybridized carbons (Fsp3) is 0.154. The first-order valence-electron chi connectivity index (χ1n) is 5.61. The Morgan fingerprint density at radius 3 is 2.74 bits per heavy atom. The summed E-state index contributed by atoms with van der Waals surface area (Å²) in [6, 6.07) is 5.56. The molecule has 6 heteroatoms. The summed E-state index contributed by atoms with van der Waals surface area (Å²) in [5.41, 5.74) is 0.648. The predicted octanol–water partition coefficient (Wildman–Crippen LogP) is 1.85. The van der Waals surface area contributed by atoms with Crippen LogP contribution < -0.4 is 10.7 Å². The number of benzene rings is 1. The average molecular weight is 277 g/mol. The number of carbonyl (C=O) groups is 2. The third-order valence-corrected chi connectivity index (χ3v) is 3.65. The van der Waals surface area contributed by atoms with E-state index in [1.807, 2.05) is 19.1 Å². The molecular formula is C13H11NO4S. The highest BCUT2D eigenvalue weighted by molar-refractivity contribution is 7.16. The second-order valence-corrected chi connectivity index (χ2v) is 4.83. The van der Waals surface area contributed by atoms with Crippen molar-refractivity contribution in [3.8, 4) is 0 Å². The maximum absolute atomic E-state index is 12.2. The highest BCUT2D eigenvalue weighted by Crippen LogP contribution is 2.20. The minimum atomic E-state index is -1.62. The third kappa shape index (κ3) is 2.63. The molecule has 0 aliphatic carbocycles. The van der Waals surface area contributed by atoms with E-state index >= 15 is 0 Å². The van der Waals surface area contributed by atoms with Crippen LogP contribution in [-0.4, -0.2) is 17.0 Å². The van der Waals surface area contributed by atoms with Gasteiger partial charge in [-0.25, -0.2) is 4.79 Å². The van der Waals surface area contributed by atoms with Crippen molar-refractivity contribution in [2.75, 3.05) is 5.32 Å². The normalized spacial score (nSPS) is 10.4. The number of carboxylic acid groups (broad SMARTS) is 1. The molecule has 2 aromatic rings. The minimum Gasteiger partial charge on any atom is -0.474 e. The number of carbonyl (C=O) groups excluding carboxylic acids is 1. The monoisotopic (exact) mass is 277 g/mol. The van der Waals surface area contributed by atoms with Gasteiger partial charge in [0.1, 0.15) is 0 Å². The zero-order valence-corrected chi connectivity index (χ0v) is 10.9. The van der Waals surface area contributed by atoms with Crippen molar-refractivity contribution in [2.45, 2.75) is 13.3 Å². The molecule has 0 radical (unpaired) electrons. The van der Waals surface area contributed by atoms with Crippen LogP contribution in [0.4, 0.5) is 5.69 Å². The summed E-state index contributed by atoms with van der Waals surface area (Å²) in [6.45, 7) is 1.98. The van der Waals surface area contributed by atoms with Crippen LogP contribution in [0.3, 0.4) is 0 Å². The van der Waals surface area contributed by atoms with E-state index in [1.165, 1.54) is 16.7 Å². The van der Waals surface area contributed by atoms with Crippen LogP contribution in [0.5, 0.6) is 0 Å². The Hall–Kier alpha value is -2.21. The van der Waals surface area contributed by atoms with Gasteiger partial charge in [0.25, 0.3) is 0 Å². The number of aliphatic carboxylic acids is 1. The Morgan fingerprint density at radius 2 is 2.11 bits per heavy atom. The van der Waals surface area contributed by atoms with E-state index in [0.29, 0.717) is 5.39 Å². The maximum atomic E-state index is 12.2. The molecule has 0 bridgehead atoms. The van der Waals surface area contributed by atoms with Gasteiger partial charge in [0.15, 0.2) is 0 Å². The first kappa shape index (κ1) is 13.2. The molecule has 0 aliphatic rings. The van der Waals surface area contributed by atoms with E-state index in [2.05, 4.69) is 5.32 Å². The summed E-state index contributed by atoms with van der Waals surface area (Å²) in [5, 5.41) is 12.6. The molecule has 1 amide bonds. The van der Waals surface area contributed by atoms with E-state index in [9.17, 15) is 14.4 Å². The van der Waals surface area contributed by atoms with Gasteiger partial charge in [-0.2, -0.15) is 0 Å². The summed E-state index contributed by atoms with van der Waals surface area (Å²) in [6.07, 6.45) is 0.797. The van der Waals surface area contributed by atoms with Gasteiger partial charge >= 0.3 is 11.9 Å². The molecular weight excluding hydrogens is 266 g/mol. The van der Waals surface area contributed by atoms with Gasteiger partial charge < -0.3 is 10.4 Å². The summed E-state index contributed by atoms with van der Waals surface area (Å²) < 4.78 is 0.801. The Kier molecular flexibility index (Phi) is 3.62. The lowest BCUT2D eigenvalue weighted by Gasteiger charge is -2.04. The smallest absolute Gasteiger partial charge is 0.394 e. The Balaban J connectivity index is 2.53.